The number of hydrogen-bond acceptors (Lipinski definition) is 3. The van der Waals surface area contributed by atoms with Crippen LogP contribution >= 0.6 is 0 Å². The molecule has 0 aliphatic carbocycles. The van der Waals surface area contributed by atoms with Gasteiger partial charge in [0.15, 0.2) is 5.96 Å². The molecule has 0 fully saturated rings. The standard InChI is InChI=1S/C20H25F2N3O2/c1-3-23-20(24-12-16-6-4-5-7-17(16)14-26)25(2)13-15-8-10-18(11-9-15)27-19(21)22/h4-11,19,26H,3,12-14H2,1-2H3,(H,23,24). The van der Waals surface area contributed by atoms with Gasteiger partial charge in [0, 0.05) is 20.1 Å². The molecule has 0 radical (unpaired) electrons. The van der Waals surface area contributed by atoms with Crippen LogP contribution in [0.3, 0.4) is 0 Å². The van der Waals surface area contributed by atoms with E-state index in [0.29, 0.717) is 19.6 Å². The van der Waals surface area contributed by atoms with Gasteiger partial charge in [0.25, 0.3) is 0 Å². The molecule has 0 bridgehead atoms. The monoisotopic (exact) mass is 377 g/mol. The number of rotatable bonds is 8. The SMILES string of the molecule is CCNC(=NCc1ccccc1CO)N(C)Cc1ccc(OC(F)F)cc1. The Hall–Kier alpha value is -2.67. The second-order valence-electron chi connectivity index (χ2n) is 5.98. The van der Waals surface area contributed by atoms with Crippen molar-refractivity contribution in [3.05, 3.63) is 65.2 Å². The maximum absolute atomic E-state index is 12.2. The van der Waals surface area contributed by atoms with Crippen molar-refractivity contribution in [1.82, 2.24) is 10.2 Å². The van der Waals surface area contributed by atoms with Crippen LogP contribution in [0.1, 0.15) is 23.6 Å². The molecule has 0 aromatic heterocycles. The van der Waals surface area contributed by atoms with E-state index in [0.717, 1.165) is 22.6 Å². The molecule has 0 spiro atoms. The average Bonchev–Trinajstić information content (AvgIpc) is 2.66. The van der Waals surface area contributed by atoms with E-state index in [1.807, 2.05) is 43.1 Å². The van der Waals surface area contributed by atoms with Crippen molar-refractivity contribution in [3.8, 4) is 5.75 Å². The van der Waals surface area contributed by atoms with Crippen molar-refractivity contribution in [3.63, 3.8) is 0 Å². The van der Waals surface area contributed by atoms with Crippen LogP contribution in [0, 0.1) is 0 Å². The summed E-state index contributed by atoms with van der Waals surface area (Å²) in [5, 5.41) is 12.7. The lowest BCUT2D eigenvalue weighted by Crippen LogP contribution is -2.38. The number of alkyl halides is 2. The van der Waals surface area contributed by atoms with Crippen LogP contribution in [-0.4, -0.2) is 36.2 Å². The summed E-state index contributed by atoms with van der Waals surface area (Å²) < 4.78 is 28.8. The number of aliphatic hydroxyl groups excluding tert-OH is 1. The molecule has 0 amide bonds. The number of halogens is 2. The number of guanidine groups is 1. The Bertz CT molecular complexity index is 736. The van der Waals surface area contributed by atoms with Gasteiger partial charge in [-0.3, -0.25) is 0 Å². The molecule has 0 saturated carbocycles. The lowest BCUT2D eigenvalue weighted by atomic mass is 10.1. The van der Waals surface area contributed by atoms with Gasteiger partial charge >= 0.3 is 6.61 Å². The number of nitrogens with zero attached hydrogens (tertiary/aromatic N) is 2. The molecule has 2 aromatic carbocycles. The number of aliphatic hydroxyl groups is 1. The Morgan fingerprint density at radius 3 is 2.41 bits per heavy atom. The average molecular weight is 377 g/mol. The van der Waals surface area contributed by atoms with Crippen LogP contribution in [0.2, 0.25) is 0 Å². The smallest absolute Gasteiger partial charge is 0.387 e. The van der Waals surface area contributed by atoms with Crippen LogP contribution in [-0.2, 0) is 19.7 Å². The summed E-state index contributed by atoms with van der Waals surface area (Å²) in [6.45, 7) is 0.860. The first-order valence-electron chi connectivity index (χ1n) is 8.74. The fourth-order valence-corrected chi connectivity index (χ4v) is 2.62. The lowest BCUT2D eigenvalue weighted by molar-refractivity contribution is -0.0498. The Labute approximate surface area is 158 Å². The Morgan fingerprint density at radius 1 is 1.15 bits per heavy atom. The number of nitrogens with one attached hydrogen (secondary N) is 1. The maximum atomic E-state index is 12.2. The lowest BCUT2D eigenvalue weighted by Gasteiger charge is -2.22. The van der Waals surface area contributed by atoms with E-state index in [-0.39, 0.29) is 12.4 Å². The van der Waals surface area contributed by atoms with Crippen molar-refractivity contribution in [2.75, 3.05) is 13.6 Å². The number of aliphatic imine (C=N–C) groups is 1. The van der Waals surface area contributed by atoms with Gasteiger partial charge in [-0.1, -0.05) is 36.4 Å². The third-order valence-electron chi connectivity index (χ3n) is 3.95. The Balaban J connectivity index is 2.06. The molecule has 146 valence electrons. The summed E-state index contributed by atoms with van der Waals surface area (Å²) in [6.07, 6.45) is 0. The molecule has 2 rings (SSSR count). The molecule has 2 N–H and O–H groups in total. The van der Waals surface area contributed by atoms with Crippen molar-refractivity contribution in [2.24, 2.45) is 4.99 Å². The molecule has 7 heteroatoms. The van der Waals surface area contributed by atoms with Gasteiger partial charge < -0.3 is 20.1 Å². The van der Waals surface area contributed by atoms with E-state index in [4.69, 9.17) is 0 Å². The zero-order valence-corrected chi connectivity index (χ0v) is 15.5. The van der Waals surface area contributed by atoms with Gasteiger partial charge in [-0.05, 0) is 35.7 Å². The summed E-state index contributed by atoms with van der Waals surface area (Å²) in [4.78, 5) is 6.59. The predicted molar refractivity (Wildman–Crippen MR) is 102 cm³/mol. The molecule has 0 atom stereocenters. The van der Waals surface area contributed by atoms with E-state index >= 15 is 0 Å². The highest BCUT2D eigenvalue weighted by atomic mass is 19.3. The summed E-state index contributed by atoms with van der Waals surface area (Å²) in [6, 6.07) is 14.2. The Kier molecular flexibility index (Phi) is 8.00. The van der Waals surface area contributed by atoms with Crippen molar-refractivity contribution < 1.29 is 18.6 Å². The normalized spacial score (nSPS) is 11.6. The van der Waals surface area contributed by atoms with Crippen LogP contribution in [0.4, 0.5) is 8.78 Å². The van der Waals surface area contributed by atoms with Crippen molar-refractivity contribution in [2.45, 2.75) is 33.2 Å². The highest BCUT2D eigenvalue weighted by Crippen LogP contribution is 2.16. The van der Waals surface area contributed by atoms with Crippen LogP contribution in [0.5, 0.6) is 5.75 Å². The molecule has 27 heavy (non-hydrogen) atoms. The van der Waals surface area contributed by atoms with E-state index in [1.54, 1.807) is 12.1 Å². The van der Waals surface area contributed by atoms with Gasteiger partial charge in [-0.15, -0.1) is 0 Å². The molecule has 0 aliphatic heterocycles. The predicted octanol–water partition coefficient (Wildman–Crippen LogP) is 3.38. The third-order valence-corrected chi connectivity index (χ3v) is 3.95. The minimum Gasteiger partial charge on any atom is -0.435 e. The molecule has 2 aromatic rings. The minimum absolute atomic E-state index is 0.0227. The molecular weight excluding hydrogens is 352 g/mol. The van der Waals surface area contributed by atoms with Gasteiger partial charge in [0.05, 0.1) is 13.2 Å². The largest absolute Gasteiger partial charge is 0.435 e. The molecule has 0 saturated heterocycles. The van der Waals surface area contributed by atoms with Crippen molar-refractivity contribution >= 4 is 5.96 Å². The van der Waals surface area contributed by atoms with Gasteiger partial charge in [0.2, 0.25) is 0 Å². The summed E-state index contributed by atoms with van der Waals surface area (Å²) in [5.74, 6) is 0.857. The number of hydrogen-bond donors (Lipinski definition) is 2. The highest BCUT2D eigenvalue weighted by Gasteiger charge is 2.09. The van der Waals surface area contributed by atoms with E-state index in [1.165, 1.54) is 12.1 Å². The zero-order chi connectivity index (χ0) is 19.6. The van der Waals surface area contributed by atoms with E-state index in [9.17, 15) is 13.9 Å². The number of benzene rings is 2. The van der Waals surface area contributed by atoms with Crippen molar-refractivity contribution in [1.29, 1.82) is 0 Å². The molecule has 0 unspecified atom stereocenters. The summed E-state index contributed by atoms with van der Waals surface area (Å²) in [7, 11) is 1.91. The first-order valence-corrected chi connectivity index (χ1v) is 8.74. The molecular formula is C20H25F2N3O2. The topological polar surface area (TPSA) is 57.1 Å². The zero-order valence-electron chi connectivity index (χ0n) is 15.5. The highest BCUT2D eigenvalue weighted by molar-refractivity contribution is 5.79. The van der Waals surface area contributed by atoms with Gasteiger partial charge in [-0.25, -0.2) is 4.99 Å². The number of ether oxygens (including phenoxy) is 1. The first-order chi connectivity index (χ1) is 13.0. The Morgan fingerprint density at radius 2 is 1.81 bits per heavy atom. The minimum atomic E-state index is -2.83. The molecule has 0 aliphatic rings. The third kappa shape index (κ3) is 6.53. The second-order valence-corrected chi connectivity index (χ2v) is 5.98. The fourth-order valence-electron chi connectivity index (χ4n) is 2.62. The van der Waals surface area contributed by atoms with Crippen LogP contribution < -0.4 is 10.1 Å². The van der Waals surface area contributed by atoms with Gasteiger partial charge in [-0.2, -0.15) is 8.78 Å². The van der Waals surface area contributed by atoms with Crippen LogP contribution in [0.15, 0.2) is 53.5 Å². The quantitative estimate of drug-likeness (QED) is 0.547. The maximum Gasteiger partial charge on any atom is 0.387 e. The van der Waals surface area contributed by atoms with Crippen LogP contribution in [0.25, 0.3) is 0 Å². The summed E-state index contributed by atoms with van der Waals surface area (Å²) >= 11 is 0. The molecule has 5 nitrogen and oxygen atoms in total. The fraction of sp³-hybridized carbons (Fsp3) is 0.350. The first kappa shape index (κ1) is 20.6. The summed E-state index contributed by atoms with van der Waals surface area (Å²) in [5.41, 5.74) is 2.77. The molecule has 0 heterocycles. The second kappa shape index (κ2) is 10.5. The van der Waals surface area contributed by atoms with Gasteiger partial charge in [0.1, 0.15) is 5.75 Å². The van der Waals surface area contributed by atoms with E-state index in [2.05, 4.69) is 15.0 Å². The van der Waals surface area contributed by atoms with E-state index < -0.39 is 6.61 Å².